The Morgan fingerprint density at radius 1 is 1.30 bits per heavy atom. The number of rotatable bonds is 5. The number of likely N-dealkylation sites (N-methyl/N-ethyl adjacent to an activating group) is 1. The Labute approximate surface area is 122 Å². The van der Waals surface area contributed by atoms with Crippen LogP contribution in [0.3, 0.4) is 0 Å². The highest BCUT2D eigenvalue weighted by Crippen LogP contribution is 2.13. The normalized spacial score (nSPS) is 13.2. The first-order valence-electron chi connectivity index (χ1n) is 6.88. The molecule has 0 aliphatic rings. The van der Waals surface area contributed by atoms with Gasteiger partial charge in [0.15, 0.2) is 0 Å². The van der Waals surface area contributed by atoms with Crippen LogP contribution in [0.25, 0.3) is 0 Å². The number of amides is 1. The van der Waals surface area contributed by atoms with E-state index in [2.05, 4.69) is 5.32 Å². The van der Waals surface area contributed by atoms with Crippen LogP contribution in [0.1, 0.15) is 33.3 Å². The lowest BCUT2D eigenvalue weighted by atomic mass is 10.1. The summed E-state index contributed by atoms with van der Waals surface area (Å²) in [5.41, 5.74) is 0.954. The van der Waals surface area contributed by atoms with Gasteiger partial charge in [-0.05, 0) is 52.4 Å². The summed E-state index contributed by atoms with van der Waals surface area (Å²) in [6.45, 7) is 8.61. The lowest BCUT2D eigenvalue weighted by molar-refractivity contribution is -0.127. The van der Waals surface area contributed by atoms with Crippen LogP contribution in [0.4, 0.5) is 0 Å². The van der Waals surface area contributed by atoms with Crippen LogP contribution in [0.2, 0.25) is 0 Å². The third kappa shape index (κ3) is 5.21. The predicted molar refractivity (Wildman–Crippen MR) is 81.8 cm³/mol. The number of carbonyl (C=O) groups is 1. The standard InChI is InChI=1S/C16H26N2O2/c1-12(15(19)17-16(2,3)4)18(5)11-13-7-9-14(20-6)10-8-13/h7-10,12H,11H2,1-6H3,(H,17,19). The van der Waals surface area contributed by atoms with Crippen LogP contribution in [0.5, 0.6) is 5.75 Å². The number of carbonyl (C=O) groups excluding carboxylic acids is 1. The van der Waals surface area contributed by atoms with Crippen molar-refractivity contribution in [2.75, 3.05) is 14.2 Å². The van der Waals surface area contributed by atoms with Gasteiger partial charge in [-0.25, -0.2) is 0 Å². The van der Waals surface area contributed by atoms with Gasteiger partial charge in [-0.1, -0.05) is 12.1 Å². The summed E-state index contributed by atoms with van der Waals surface area (Å²) < 4.78 is 5.14. The molecule has 1 aromatic rings. The number of ether oxygens (including phenoxy) is 1. The minimum Gasteiger partial charge on any atom is -0.497 e. The van der Waals surface area contributed by atoms with Gasteiger partial charge in [-0.15, -0.1) is 0 Å². The van der Waals surface area contributed by atoms with E-state index in [0.717, 1.165) is 17.9 Å². The quantitative estimate of drug-likeness (QED) is 0.899. The van der Waals surface area contributed by atoms with Crippen molar-refractivity contribution in [3.8, 4) is 5.75 Å². The second kappa shape index (κ2) is 6.75. The van der Waals surface area contributed by atoms with E-state index in [4.69, 9.17) is 4.74 Å². The van der Waals surface area contributed by atoms with Gasteiger partial charge >= 0.3 is 0 Å². The van der Waals surface area contributed by atoms with Gasteiger partial charge in [0.2, 0.25) is 5.91 Å². The molecule has 1 atom stereocenters. The van der Waals surface area contributed by atoms with Crippen LogP contribution in [0, 0.1) is 0 Å². The summed E-state index contributed by atoms with van der Waals surface area (Å²) in [6, 6.07) is 7.73. The van der Waals surface area contributed by atoms with Gasteiger partial charge in [0.25, 0.3) is 0 Å². The van der Waals surface area contributed by atoms with Gasteiger partial charge in [0, 0.05) is 12.1 Å². The van der Waals surface area contributed by atoms with Crippen molar-refractivity contribution in [1.82, 2.24) is 10.2 Å². The minimum atomic E-state index is -0.202. The summed E-state index contributed by atoms with van der Waals surface area (Å²) in [4.78, 5) is 14.1. The topological polar surface area (TPSA) is 41.6 Å². The summed E-state index contributed by atoms with van der Waals surface area (Å²) in [5.74, 6) is 0.892. The maximum atomic E-state index is 12.1. The van der Waals surface area contributed by atoms with E-state index in [0.29, 0.717) is 0 Å². The number of nitrogens with zero attached hydrogens (tertiary/aromatic N) is 1. The smallest absolute Gasteiger partial charge is 0.237 e. The van der Waals surface area contributed by atoms with E-state index in [1.807, 2.05) is 63.9 Å². The number of hydrogen-bond acceptors (Lipinski definition) is 3. The minimum absolute atomic E-state index is 0.0495. The number of nitrogens with one attached hydrogen (secondary N) is 1. The van der Waals surface area contributed by atoms with Crippen LogP contribution in [-0.2, 0) is 11.3 Å². The van der Waals surface area contributed by atoms with Crippen molar-refractivity contribution in [3.63, 3.8) is 0 Å². The first-order valence-corrected chi connectivity index (χ1v) is 6.88. The van der Waals surface area contributed by atoms with Crippen molar-refractivity contribution < 1.29 is 9.53 Å². The Balaban J connectivity index is 2.60. The summed E-state index contributed by atoms with van der Waals surface area (Å²) >= 11 is 0. The Hall–Kier alpha value is -1.55. The highest BCUT2D eigenvalue weighted by atomic mass is 16.5. The summed E-state index contributed by atoms with van der Waals surface area (Å²) in [6.07, 6.45) is 0. The molecule has 20 heavy (non-hydrogen) atoms. The second-order valence-electron chi connectivity index (χ2n) is 6.18. The largest absolute Gasteiger partial charge is 0.497 e. The highest BCUT2D eigenvalue weighted by Gasteiger charge is 2.22. The average Bonchev–Trinajstić information content (AvgIpc) is 2.36. The van der Waals surface area contributed by atoms with Crippen molar-refractivity contribution in [1.29, 1.82) is 0 Å². The molecule has 0 aromatic heterocycles. The SMILES string of the molecule is COc1ccc(CN(C)C(C)C(=O)NC(C)(C)C)cc1. The third-order valence-electron chi connectivity index (χ3n) is 3.13. The number of methoxy groups -OCH3 is 1. The maximum Gasteiger partial charge on any atom is 0.237 e. The van der Waals surface area contributed by atoms with E-state index in [1.54, 1.807) is 7.11 Å². The zero-order valence-corrected chi connectivity index (χ0v) is 13.4. The molecule has 0 fully saturated rings. The lowest BCUT2D eigenvalue weighted by Gasteiger charge is -2.28. The van der Waals surface area contributed by atoms with E-state index in [9.17, 15) is 4.79 Å². The van der Waals surface area contributed by atoms with Crippen LogP contribution in [0.15, 0.2) is 24.3 Å². The highest BCUT2D eigenvalue weighted by molar-refractivity contribution is 5.81. The van der Waals surface area contributed by atoms with Gasteiger partial charge in [0.05, 0.1) is 13.2 Å². The Morgan fingerprint density at radius 2 is 1.85 bits per heavy atom. The van der Waals surface area contributed by atoms with Gasteiger partial charge in [0.1, 0.15) is 5.75 Å². The summed E-state index contributed by atoms with van der Waals surface area (Å²) in [5, 5.41) is 3.00. The molecule has 1 unspecified atom stereocenters. The molecule has 0 aliphatic carbocycles. The average molecular weight is 278 g/mol. The Morgan fingerprint density at radius 3 is 2.30 bits per heavy atom. The molecule has 112 valence electrons. The summed E-state index contributed by atoms with van der Waals surface area (Å²) in [7, 11) is 3.61. The monoisotopic (exact) mass is 278 g/mol. The van der Waals surface area contributed by atoms with E-state index in [-0.39, 0.29) is 17.5 Å². The molecule has 1 amide bonds. The molecule has 1 aromatic carbocycles. The third-order valence-corrected chi connectivity index (χ3v) is 3.13. The molecule has 0 radical (unpaired) electrons. The predicted octanol–water partition coefficient (Wildman–Crippen LogP) is 2.43. The van der Waals surface area contributed by atoms with Gasteiger partial charge in [-0.2, -0.15) is 0 Å². The van der Waals surface area contributed by atoms with Crippen molar-refractivity contribution in [3.05, 3.63) is 29.8 Å². The molecule has 0 bridgehead atoms. The Kier molecular flexibility index (Phi) is 5.57. The van der Waals surface area contributed by atoms with Crippen molar-refractivity contribution >= 4 is 5.91 Å². The molecule has 0 spiro atoms. The van der Waals surface area contributed by atoms with Crippen LogP contribution < -0.4 is 10.1 Å². The molecule has 4 nitrogen and oxygen atoms in total. The van der Waals surface area contributed by atoms with Gasteiger partial charge in [-0.3, -0.25) is 9.69 Å². The first-order chi connectivity index (χ1) is 9.23. The molecular formula is C16H26N2O2. The molecule has 0 heterocycles. The fourth-order valence-corrected chi connectivity index (χ4v) is 1.83. The van der Waals surface area contributed by atoms with E-state index < -0.39 is 0 Å². The second-order valence-corrected chi connectivity index (χ2v) is 6.18. The van der Waals surface area contributed by atoms with Crippen LogP contribution >= 0.6 is 0 Å². The molecular weight excluding hydrogens is 252 g/mol. The Bertz CT molecular complexity index is 435. The van der Waals surface area contributed by atoms with E-state index >= 15 is 0 Å². The van der Waals surface area contributed by atoms with Crippen LogP contribution in [-0.4, -0.2) is 36.5 Å². The zero-order chi connectivity index (χ0) is 15.3. The molecule has 0 aliphatic heterocycles. The molecule has 4 heteroatoms. The molecule has 1 N–H and O–H groups in total. The van der Waals surface area contributed by atoms with Gasteiger partial charge < -0.3 is 10.1 Å². The van der Waals surface area contributed by atoms with E-state index in [1.165, 1.54) is 0 Å². The lowest BCUT2D eigenvalue weighted by Crippen LogP contribution is -2.49. The zero-order valence-electron chi connectivity index (χ0n) is 13.4. The maximum absolute atomic E-state index is 12.1. The molecule has 0 saturated heterocycles. The van der Waals surface area contributed by atoms with Crippen molar-refractivity contribution in [2.24, 2.45) is 0 Å². The first kappa shape index (κ1) is 16.5. The number of hydrogen-bond donors (Lipinski definition) is 1. The van der Waals surface area contributed by atoms with Crippen molar-refractivity contribution in [2.45, 2.75) is 45.8 Å². The fraction of sp³-hybridized carbons (Fsp3) is 0.562. The molecule has 0 saturated carbocycles. The molecule has 1 rings (SSSR count). The number of benzene rings is 1. The fourth-order valence-electron chi connectivity index (χ4n) is 1.83.